The first kappa shape index (κ1) is 26.2. The molecule has 1 atom stereocenters. The van der Waals surface area contributed by atoms with Gasteiger partial charge in [-0.25, -0.2) is 0 Å². The molecular formula is C23H28Cl2N2O4S. The van der Waals surface area contributed by atoms with Gasteiger partial charge in [0.2, 0.25) is 5.91 Å². The lowest BCUT2D eigenvalue weighted by molar-refractivity contribution is -0.123. The van der Waals surface area contributed by atoms with Crippen LogP contribution in [0.3, 0.4) is 0 Å². The molecule has 0 spiro atoms. The second kappa shape index (κ2) is 13.5. The van der Waals surface area contributed by atoms with E-state index in [1.807, 2.05) is 31.4 Å². The quantitative estimate of drug-likeness (QED) is 0.432. The van der Waals surface area contributed by atoms with E-state index in [1.165, 1.54) is 12.1 Å². The van der Waals surface area contributed by atoms with Crippen LogP contribution in [0.1, 0.15) is 35.7 Å². The summed E-state index contributed by atoms with van der Waals surface area (Å²) in [7, 11) is 1.58. The van der Waals surface area contributed by atoms with Crippen molar-refractivity contribution in [3.63, 3.8) is 0 Å². The zero-order valence-corrected chi connectivity index (χ0v) is 20.7. The highest BCUT2D eigenvalue weighted by Gasteiger charge is 2.22. The van der Waals surface area contributed by atoms with Crippen LogP contribution >= 0.6 is 35.0 Å². The summed E-state index contributed by atoms with van der Waals surface area (Å²) in [4.78, 5) is 25.5. The summed E-state index contributed by atoms with van der Waals surface area (Å²) >= 11 is 13.6. The Morgan fingerprint density at radius 3 is 2.56 bits per heavy atom. The Balaban J connectivity index is 2.05. The molecule has 0 aromatic heterocycles. The number of benzene rings is 2. The molecule has 0 radical (unpaired) electrons. The maximum Gasteiger partial charge on any atom is 0.253 e. The number of nitrogens with one attached hydrogen (secondary N) is 2. The molecule has 0 aliphatic rings. The van der Waals surface area contributed by atoms with Gasteiger partial charge in [-0.15, -0.1) is 0 Å². The van der Waals surface area contributed by atoms with Gasteiger partial charge < -0.3 is 20.1 Å². The predicted molar refractivity (Wildman–Crippen MR) is 131 cm³/mol. The highest BCUT2D eigenvalue weighted by Crippen LogP contribution is 2.28. The summed E-state index contributed by atoms with van der Waals surface area (Å²) < 4.78 is 11.1. The first-order chi connectivity index (χ1) is 15.4. The number of ether oxygens (including phenoxy) is 2. The Morgan fingerprint density at radius 1 is 1.12 bits per heavy atom. The summed E-state index contributed by atoms with van der Waals surface area (Å²) in [5.41, 5.74) is 1.13. The SMILES string of the molecule is CCCOc1ccc(CNC(=O)C(CCSC)NC(=O)c2ccc(Cl)cc2Cl)cc1OC. The molecule has 2 amide bonds. The van der Waals surface area contributed by atoms with Crippen LogP contribution in [-0.2, 0) is 11.3 Å². The van der Waals surface area contributed by atoms with Gasteiger partial charge in [0.15, 0.2) is 11.5 Å². The Hall–Kier alpha value is -2.09. The Bertz CT molecular complexity index is 927. The van der Waals surface area contributed by atoms with Crippen molar-refractivity contribution in [1.82, 2.24) is 10.6 Å². The summed E-state index contributed by atoms with van der Waals surface area (Å²) in [5.74, 6) is 1.28. The fourth-order valence-electron chi connectivity index (χ4n) is 2.88. The molecule has 6 nitrogen and oxygen atoms in total. The monoisotopic (exact) mass is 498 g/mol. The molecule has 0 aliphatic carbocycles. The average Bonchev–Trinajstić information content (AvgIpc) is 2.78. The van der Waals surface area contributed by atoms with Crippen LogP contribution in [0.5, 0.6) is 11.5 Å². The van der Waals surface area contributed by atoms with Gasteiger partial charge in [0.05, 0.1) is 24.3 Å². The molecule has 0 aliphatic heterocycles. The van der Waals surface area contributed by atoms with Crippen molar-refractivity contribution >= 4 is 46.8 Å². The molecular weight excluding hydrogens is 471 g/mol. The molecule has 2 aromatic carbocycles. The molecule has 2 N–H and O–H groups in total. The van der Waals surface area contributed by atoms with Crippen LogP contribution in [0, 0.1) is 0 Å². The number of thioether (sulfide) groups is 1. The van der Waals surface area contributed by atoms with Gasteiger partial charge in [0.25, 0.3) is 5.91 Å². The maximum atomic E-state index is 12.8. The van der Waals surface area contributed by atoms with E-state index in [9.17, 15) is 9.59 Å². The Morgan fingerprint density at radius 2 is 1.91 bits per heavy atom. The lowest BCUT2D eigenvalue weighted by atomic mass is 10.1. The second-order valence-electron chi connectivity index (χ2n) is 6.98. The van der Waals surface area contributed by atoms with Crippen molar-refractivity contribution in [3.8, 4) is 11.5 Å². The predicted octanol–water partition coefficient (Wildman–Crippen LogP) is 4.96. The molecule has 0 saturated heterocycles. The molecule has 0 bridgehead atoms. The lowest BCUT2D eigenvalue weighted by Gasteiger charge is -2.19. The van der Waals surface area contributed by atoms with Crippen molar-refractivity contribution in [1.29, 1.82) is 0 Å². The van der Waals surface area contributed by atoms with E-state index >= 15 is 0 Å². The largest absolute Gasteiger partial charge is 0.493 e. The number of amides is 2. The van der Waals surface area contributed by atoms with E-state index in [1.54, 1.807) is 24.9 Å². The highest BCUT2D eigenvalue weighted by atomic mass is 35.5. The van der Waals surface area contributed by atoms with Gasteiger partial charge in [0.1, 0.15) is 6.04 Å². The average molecular weight is 499 g/mol. The second-order valence-corrected chi connectivity index (χ2v) is 8.81. The van der Waals surface area contributed by atoms with E-state index in [-0.39, 0.29) is 23.0 Å². The zero-order chi connectivity index (χ0) is 23.5. The van der Waals surface area contributed by atoms with Crippen molar-refractivity contribution in [2.24, 2.45) is 0 Å². The van der Waals surface area contributed by atoms with Crippen LogP contribution < -0.4 is 20.1 Å². The molecule has 0 heterocycles. The molecule has 2 aromatic rings. The van der Waals surface area contributed by atoms with Crippen molar-refractivity contribution in [2.45, 2.75) is 32.4 Å². The smallest absolute Gasteiger partial charge is 0.253 e. The van der Waals surface area contributed by atoms with Gasteiger partial charge in [-0.1, -0.05) is 36.2 Å². The topological polar surface area (TPSA) is 76.7 Å². The van der Waals surface area contributed by atoms with Crippen LogP contribution in [0.25, 0.3) is 0 Å². The lowest BCUT2D eigenvalue weighted by Crippen LogP contribution is -2.47. The molecule has 0 saturated carbocycles. The van der Waals surface area contributed by atoms with Crippen molar-refractivity contribution in [3.05, 3.63) is 57.6 Å². The van der Waals surface area contributed by atoms with Gasteiger partial charge in [-0.05, 0) is 60.7 Å². The number of hydrogen-bond donors (Lipinski definition) is 2. The number of carbonyl (C=O) groups excluding carboxylic acids is 2. The number of rotatable bonds is 12. The molecule has 2 rings (SSSR count). The summed E-state index contributed by atoms with van der Waals surface area (Å²) in [6.07, 6.45) is 3.32. The first-order valence-corrected chi connectivity index (χ1v) is 12.4. The summed E-state index contributed by atoms with van der Waals surface area (Å²) in [5, 5.41) is 6.34. The zero-order valence-electron chi connectivity index (χ0n) is 18.4. The Kier molecular flexibility index (Phi) is 11.0. The minimum absolute atomic E-state index is 0.233. The fourth-order valence-corrected chi connectivity index (χ4v) is 3.85. The fraction of sp³-hybridized carbons (Fsp3) is 0.391. The number of methoxy groups -OCH3 is 1. The van der Waals surface area contributed by atoms with Crippen molar-refractivity contribution < 1.29 is 19.1 Å². The van der Waals surface area contributed by atoms with Gasteiger partial charge in [-0.2, -0.15) is 11.8 Å². The van der Waals surface area contributed by atoms with Gasteiger partial charge in [-0.3, -0.25) is 9.59 Å². The molecule has 0 fully saturated rings. The van der Waals surface area contributed by atoms with E-state index in [2.05, 4.69) is 10.6 Å². The molecule has 9 heteroatoms. The third-order valence-electron chi connectivity index (χ3n) is 4.56. The van der Waals surface area contributed by atoms with Gasteiger partial charge in [0, 0.05) is 11.6 Å². The third-order valence-corrected chi connectivity index (χ3v) is 5.76. The summed E-state index contributed by atoms with van der Waals surface area (Å²) in [6.45, 7) is 2.92. The standard InChI is InChI=1S/C23H28Cl2N2O4S/c1-4-10-31-20-8-5-15(12-21(20)30-2)14-26-23(29)19(9-11-32-3)27-22(28)17-7-6-16(24)13-18(17)25/h5-8,12-13,19H,4,9-11,14H2,1-3H3,(H,26,29)(H,27,28). The highest BCUT2D eigenvalue weighted by molar-refractivity contribution is 7.98. The minimum Gasteiger partial charge on any atom is -0.493 e. The Labute approximate surface area is 203 Å². The normalized spacial score (nSPS) is 11.5. The van der Waals surface area contributed by atoms with E-state index in [0.717, 1.165) is 12.0 Å². The minimum atomic E-state index is -0.698. The van der Waals surface area contributed by atoms with Crippen molar-refractivity contribution in [2.75, 3.05) is 25.7 Å². The molecule has 174 valence electrons. The number of hydrogen-bond acceptors (Lipinski definition) is 5. The summed E-state index contributed by atoms with van der Waals surface area (Å²) in [6, 6.07) is 9.45. The number of carbonyl (C=O) groups is 2. The van der Waals surface area contributed by atoms with E-state index in [4.69, 9.17) is 32.7 Å². The molecule has 32 heavy (non-hydrogen) atoms. The third kappa shape index (κ3) is 7.80. The van der Waals surface area contributed by atoms with E-state index in [0.29, 0.717) is 35.3 Å². The molecule has 1 unspecified atom stereocenters. The number of halogens is 2. The van der Waals surface area contributed by atoms with Crippen LogP contribution in [0.2, 0.25) is 10.0 Å². The van der Waals surface area contributed by atoms with E-state index < -0.39 is 11.9 Å². The maximum absolute atomic E-state index is 12.8. The van der Waals surface area contributed by atoms with Gasteiger partial charge >= 0.3 is 0 Å². The van der Waals surface area contributed by atoms with Crippen LogP contribution in [0.4, 0.5) is 0 Å². The van der Waals surface area contributed by atoms with Crippen LogP contribution in [0.15, 0.2) is 36.4 Å². The first-order valence-electron chi connectivity index (χ1n) is 10.2. The van der Waals surface area contributed by atoms with Crippen LogP contribution in [-0.4, -0.2) is 43.6 Å².